The lowest BCUT2D eigenvalue weighted by atomic mass is 10.0. The van der Waals surface area contributed by atoms with Crippen LogP contribution in [0.15, 0.2) is 36.4 Å². The molecule has 0 atom stereocenters. The number of piperidine rings is 1. The van der Waals surface area contributed by atoms with E-state index in [0.29, 0.717) is 19.3 Å². The fraction of sp³-hybridized carbons (Fsp3) is 0.500. The second-order valence-electron chi connectivity index (χ2n) is 7.19. The van der Waals surface area contributed by atoms with Crippen molar-refractivity contribution in [1.82, 2.24) is 9.97 Å². The van der Waals surface area contributed by atoms with E-state index in [0.717, 1.165) is 49.0 Å². The van der Waals surface area contributed by atoms with Crippen LogP contribution in [0.2, 0.25) is 0 Å². The Bertz CT molecular complexity index is 735. The van der Waals surface area contributed by atoms with Gasteiger partial charge in [0.05, 0.1) is 13.2 Å². The van der Waals surface area contributed by atoms with E-state index in [9.17, 15) is 0 Å². The Balaban J connectivity index is 1.60. The summed E-state index contributed by atoms with van der Waals surface area (Å²) >= 11 is 0. The molecular formula is C20H26N4O2. The lowest BCUT2D eigenvalue weighted by molar-refractivity contribution is -0.169. The van der Waals surface area contributed by atoms with E-state index < -0.39 is 0 Å². The van der Waals surface area contributed by atoms with Crippen LogP contribution in [-0.2, 0) is 9.47 Å². The van der Waals surface area contributed by atoms with Crippen LogP contribution >= 0.6 is 0 Å². The lowest BCUT2D eigenvalue weighted by Crippen LogP contribution is -2.45. The lowest BCUT2D eigenvalue weighted by Gasteiger charge is -2.38. The van der Waals surface area contributed by atoms with Gasteiger partial charge >= 0.3 is 0 Å². The van der Waals surface area contributed by atoms with E-state index in [2.05, 4.69) is 24.1 Å². The van der Waals surface area contributed by atoms with Crippen molar-refractivity contribution in [3.63, 3.8) is 0 Å². The van der Waals surface area contributed by atoms with Gasteiger partial charge in [-0.25, -0.2) is 9.97 Å². The van der Waals surface area contributed by atoms with E-state index in [1.54, 1.807) is 0 Å². The van der Waals surface area contributed by atoms with Gasteiger partial charge in [0.25, 0.3) is 0 Å². The molecule has 2 saturated heterocycles. The average Bonchev–Trinajstić information content (AvgIpc) is 3.10. The number of nitrogens with zero attached hydrogens (tertiary/aromatic N) is 3. The van der Waals surface area contributed by atoms with Crippen LogP contribution in [0.4, 0.5) is 11.6 Å². The number of nitrogens with one attached hydrogen (secondary N) is 1. The maximum atomic E-state index is 5.84. The van der Waals surface area contributed by atoms with E-state index in [-0.39, 0.29) is 5.79 Å². The van der Waals surface area contributed by atoms with Crippen molar-refractivity contribution in [3.05, 3.63) is 36.4 Å². The van der Waals surface area contributed by atoms with E-state index in [4.69, 9.17) is 19.4 Å². The van der Waals surface area contributed by atoms with Crippen LogP contribution in [-0.4, -0.2) is 48.1 Å². The number of hydrogen-bond acceptors (Lipinski definition) is 6. The molecule has 2 aliphatic heterocycles. The molecule has 2 aromatic rings. The molecule has 3 heterocycles. The molecule has 1 aromatic heterocycles. The minimum atomic E-state index is -0.370. The number of hydrogen-bond donors (Lipinski definition) is 1. The summed E-state index contributed by atoms with van der Waals surface area (Å²) < 4.78 is 11.7. The van der Waals surface area contributed by atoms with E-state index >= 15 is 0 Å². The molecule has 138 valence electrons. The molecule has 6 heteroatoms. The highest BCUT2D eigenvalue weighted by Gasteiger charge is 2.40. The van der Waals surface area contributed by atoms with Crippen LogP contribution in [0.3, 0.4) is 0 Å². The molecule has 1 N–H and O–H groups in total. The highest BCUT2D eigenvalue weighted by atomic mass is 16.7. The van der Waals surface area contributed by atoms with Crippen molar-refractivity contribution < 1.29 is 9.47 Å². The first kappa shape index (κ1) is 17.2. The molecule has 0 saturated carbocycles. The van der Waals surface area contributed by atoms with Crippen molar-refractivity contribution in [2.45, 2.75) is 38.5 Å². The van der Waals surface area contributed by atoms with Crippen LogP contribution in [0.5, 0.6) is 0 Å². The zero-order valence-corrected chi connectivity index (χ0v) is 15.4. The van der Waals surface area contributed by atoms with Crippen molar-refractivity contribution in [3.8, 4) is 11.4 Å². The molecule has 0 unspecified atom stereocenters. The van der Waals surface area contributed by atoms with Crippen molar-refractivity contribution in [1.29, 1.82) is 0 Å². The fourth-order valence-electron chi connectivity index (χ4n) is 3.54. The maximum absolute atomic E-state index is 5.84. The summed E-state index contributed by atoms with van der Waals surface area (Å²) in [6.45, 7) is 7.37. The summed E-state index contributed by atoms with van der Waals surface area (Å²) in [5, 5.41) is 3.42. The van der Waals surface area contributed by atoms with E-state index in [1.165, 1.54) is 0 Å². The third-order valence-corrected chi connectivity index (χ3v) is 4.84. The highest BCUT2D eigenvalue weighted by molar-refractivity contribution is 5.62. The van der Waals surface area contributed by atoms with Crippen LogP contribution in [0, 0.1) is 0 Å². The smallest absolute Gasteiger partial charge is 0.171 e. The summed E-state index contributed by atoms with van der Waals surface area (Å²) in [6, 6.07) is 12.5. The van der Waals surface area contributed by atoms with Crippen LogP contribution in [0.25, 0.3) is 11.4 Å². The van der Waals surface area contributed by atoms with Crippen LogP contribution < -0.4 is 10.2 Å². The van der Waals surface area contributed by atoms with Gasteiger partial charge in [-0.1, -0.05) is 30.3 Å². The molecule has 0 bridgehead atoms. The third-order valence-electron chi connectivity index (χ3n) is 4.84. The van der Waals surface area contributed by atoms with Gasteiger partial charge in [-0.15, -0.1) is 0 Å². The minimum absolute atomic E-state index is 0.311. The van der Waals surface area contributed by atoms with E-state index in [1.807, 2.05) is 36.4 Å². The molecule has 0 radical (unpaired) electrons. The van der Waals surface area contributed by atoms with Gasteiger partial charge < -0.3 is 19.7 Å². The number of ether oxygens (including phenoxy) is 2. The predicted octanol–water partition coefficient (Wildman–Crippen LogP) is 3.31. The summed E-state index contributed by atoms with van der Waals surface area (Å²) in [7, 11) is 0. The first-order valence-electron chi connectivity index (χ1n) is 9.37. The SMILES string of the molecule is CC(C)Nc1cc(N2CCC3(CC2)OCCO3)nc(-c2ccccc2)n1. The summed E-state index contributed by atoms with van der Waals surface area (Å²) in [5.41, 5.74) is 1.03. The Morgan fingerprint density at radius 1 is 1.04 bits per heavy atom. The first-order valence-corrected chi connectivity index (χ1v) is 9.37. The third kappa shape index (κ3) is 3.66. The topological polar surface area (TPSA) is 59.5 Å². The summed E-state index contributed by atoms with van der Waals surface area (Å²) in [4.78, 5) is 11.9. The minimum Gasteiger partial charge on any atom is -0.368 e. The second kappa shape index (κ2) is 7.21. The first-order chi connectivity index (χ1) is 12.6. The molecule has 4 rings (SSSR count). The van der Waals surface area contributed by atoms with Crippen molar-refractivity contribution in [2.75, 3.05) is 36.5 Å². The summed E-state index contributed by atoms with van der Waals surface area (Å²) in [6.07, 6.45) is 1.73. The highest BCUT2D eigenvalue weighted by Crippen LogP contribution is 2.33. The van der Waals surface area contributed by atoms with Gasteiger partial charge in [0.2, 0.25) is 0 Å². The van der Waals surface area contributed by atoms with Gasteiger partial charge in [-0.3, -0.25) is 0 Å². The van der Waals surface area contributed by atoms with Gasteiger partial charge in [-0.2, -0.15) is 0 Å². The molecule has 1 aromatic carbocycles. The average molecular weight is 354 g/mol. The Labute approximate surface area is 154 Å². The maximum Gasteiger partial charge on any atom is 0.171 e. The van der Waals surface area contributed by atoms with Crippen molar-refractivity contribution >= 4 is 11.6 Å². The number of rotatable bonds is 4. The predicted molar refractivity (Wildman–Crippen MR) is 102 cm³/mol. The quantitative estimate of drug-likeness (QED) is 0.909. The Hall–Kier alpha value is -2.18. The molecule has 26 heavy (non-hydrogen) atoms. The van der Waals surface area contributed by atoms with Gasteiger partial charge in [0.15, 0.2) is 11.6 Å². The molecule has 0 aliphatic carbocycles. The Morgan fingerprint density at radius 3 is 2.38 bits per heavy atom. The van der Waals surface area contributed by atoms with Crippen LogP contribution in [0.1, 0.15) is 26.7 Å². The molecule has 0 amide bonds. The Morgan fingerprint density at radius 2 is 1.73 bits per heavy atom. The van der Waals surface area contributed by atoms with Gasteiger partial charge in [0, 0.05) is 43.6 Å². The zero-order chi connectivity index (χ0) is 18.0. The molecule has 1 spiro atoms. The van der Waals surface area contributed by atoms with Gasteiger partial charge in [-0.05, 0) is 13.8 Å². The zero-order valence-electron chi connectivity index (χ0n) is 15.4. The standard InChI is InChI=1S/C20H26N4O2/c1-15(2)21-17-14-18(23-19(22-17)16-6-4-3-5-7-16)24-10-8-20(9-11-24)25-12-13-26-20/h3-7,14-15H,8-13H2,1-2H3,(H,21,22,23). The van der Waals surface area contributed by atoms with Gasteiger partial charge in [0.1, 0.15) is 11.6 Å². The number of aromatic nitrogens is 2. The number of anilines is 2. The number of benzene rings is 1. The molecule has 6 nitrogen and oxygen atoms in total. The summed E-state index contributed by atoms with van der Waals surface area (Å²) in [5.74, 6) is 2.19. The van der Waals surface area contributed by atoms with Crippen molar-refractivity contribution in [2.24, 2.45) is 0 Å². The monoisotopic (exact) mass is 354 g/mol. The molecule has 2 fully saturated rings. The normalized spacial score (nSPS) is 19.3. The molecule has 2 aliphatic rings. The fourth-order valence-corrected chi connectivity index (χ4v) is 3.54. The molecular weight excluding hydrogens is 328 g/mol. The Kier molecular flexibility index (Phi) is 4.78. The largest absolute Gasteiger partial charge is 0.368 e. The second-order valence-corrected chi connectivity index (χ2v) is 7.19.